The van der Waals surface area contributed by atoms with Gasteiger partial charge in [0.2, 0.25) is 0 Å². The maximum Gasteiger partial charge on any atom is 0.259 e. The molecule has 0 spiro atoms. The van der Waals surface area contributed by atoms with Gasteiger partial charge in [0.1, 0.15) is 17.3 Å². The van der Waals surface area contributed by atoms with E-state index < -0.39 is 0 Å². The lowest BCUT2D eigenvalue weighted by Crippen LogP contribution is -2.44. The summed E-state index contributed by atoms with van der Waals surface area (Å²) in [6.07, 6.45) is 5.88. The van der Waals surface area contributed by atoms with E-state index in [4.69, 9.17) is 9.72 Å². The number of nitrogens with one attached hydrogen (secondary N) is 1. The molecule has 9 nitrogen and oxygen atoms in total. The first-order valence-electron chi connectivity index (χ1n) is 11.1. The van der Waals surface area contributed by atoms with Gasteiger partial charge < -0.3 is 24.8 Å². The number of amides is 1. The van der Waals surface area contributed by atoms with Crippen LogP contribution in [0.3, 0.4) is 0 Å². The van der Waals surface area contributed by atoms with Gasteiger partial charge in [-0.25, -0.2) is 9.50 Å². The standard InChI is InChI=1S/C23H29N7O2/c1-27-11-13-28(14-12-27)17-5-6-18(20(15-17)32-2)23(31)25-19-16-24-30-10-7-21(26-22(19)30)29-8-3-4-9-29/h5-7,10,15-16H,3-4,8-9,11-14H2,1-2H3,(H,25,31). The molecule has 3 aromatic rings. The number of ether oxygens (including phenoxy) is 1. The Morgan fingerprint density at radius 1 is 1.03 bits per heavy atom. The molecule has 2 fully saturated rings. The first-order valence-corrected chi connectivity index (χ1v) is 11.1. The average molecular weight is 436 g/mol. The number of hydrogen-bond acceptors (Lipinski definition) is 7. The van der Waals surface area contributed by atoms with Crippen molar-refractivity contribution in [2.45, 2.75) is 12.8 Å². The Morgan fingerprint density at radius 2 is 1.81 bits per heavy atom. The molecule has 0 saturated carbocycles. The van der Waals surface area contributed by atoms with Crippen LogP contribution in [0.15, 0.2) is 36.7 Å². The number of nitrogens with zero attached hydrogens (tertiary/aromatic N) is 6. The fourth-order valence-corrected chi connectivity index (χ4v) is 4.39. The van der Waals surface area contributed by atoms with E-state index >= 15 is 0 Å². The van der Waals surface area contributed by atoms with Crippen LogP contribution in [0.1, 0.15) is 23.2 Å². The van der Waals surface area contributed by atoms with Gasteiger partial charge in [0.25, 0.3) is 5.91 Å². The van der Waals surface area contributed by atoms with E-state index in [9.17, 15) is 4.79 Å². The Bertz CT molecular complexity index is 1110. The van der Waals surface area contributed by atoms with Crippen molar-refractivity contribution >= 4 is 28.7 Å². The molecule has 0 unspecified atom stereocenters. The maximum atomic E-state index is 13.1. The molecule has 2 aromatic heterocycles. The molecule has 0 bridgehead atoms. The van der Waals surface area contributed by atoms with E-state index in [0.717, 1.165) is 50.8 Å². The third kappa shape index (κ3) is 3.95. The van der Waals surface area contributed by atoms with Crippen molar-refractivity contribution in [1.82, 2.24) is 19.5 Å². The first kappa shape index (κ1) is 20.6. The van der Waals surface area contributed by atoms with E-state index in [1.54, 1.807) is 17.8 Å². The molecular formula is C23H29N7O2. The second-order valence-corrected chi connectivity index (χ2v) is 8.44. The highest BCUT2D eigenvalue weighted by molar-refractivity contribution is 6.08. The van der Waals surface area contributed by atoms with Crippen LogP contribution in [0.2, 0.25) is 0 Å². The Morgan fingerprint density at radius 3 is 2.56 bits per heavy atom. The molecule has 32 heavy (non-hydrogen) atoms. The quantitative estimate of drug-likeness (QED) is 0.659. The Kier molecular flexibility index (Phi) is 5.57. The SMILES string of the molecule is COc1cc(N2CCN(C)CC2)ccc1C(=O)Nc1cnn2ccc(N3CCCC3)nc12. The summed E-state index contributed by atoms with van der Waals surface area (Å²) in [7, 11) is 3.73. The predicted octanol–water partition coefficient (Wildman–Crippen LogP) is 2.34. The normalized spacial score (nSPS) is 17.2. The highest BCUT2D eigenvalue weighted by Gasteiger charge is 2.20. The molecule has 168 valence electrons. The molecule has 0 atom stereocenters. The zero-order chi connectivity index (χ0) is 22.1. The van der Waals surface area contributed by atoms with E-state index in [-0.39, 0.29) is 5.91 Å². The fourth-order valence-electron chi connectivity index (χ4n) is 4.39. The second kappa shape index (κ2) is 8.66. The molecule has 0 aliphatic carbocycles. The van der Waals surface area contributed by atoms with Crippen molar-refractivity contribution in [3.8, 4) is 5.75 Å². The number of anilines is 3. The van der Waals surface area contributed by atoms with Gasteiger partial charge in [-0.05, 0) is 38.1 Å². The number of rotatable bonds is 5. The van der Waals surface area contributed by atoms with Crippen LogP contribution in [0.25, 0.3) is 5.65 Å². The highest BCUT2D eigenvalue weighted by Crippen LogP contribution is 2.28. The molecule has 2 saturated heterocycles. The van der Waals surface area contributed by atoms with Crippen molar-refractivity contribution in [1.29, 1.82) is 0 Å². The van der Waals surface area contributed by atoms with Crippen LogP contribution in [0, 0.1) is 0 Å². The molecular weight excluding hydrogens is 406 g/mol. The minimum absolute atomic E-state index is 0.241. The number of aromatic nitrogens is 3. The molecule has 9 heteroatoms. The minimum Gasteiger partial charge on any atom is -0.496 e. The highest BCUT2D eigenvalue weighted by atomic mass is 16.5. The van der Waals surface area contributed by atoms with E-state index in [2.05, 4.69) is 32.2 Å². The smallest absolute Gasteiger partial charge is 0.259 e. The van der Waals surface area contributed by atoms with Gasteiger partial charge >= 0.3 is 0 Å². The lowest BCUT2D eigenvalue weighted by molar-refractivity contribution is 0.102. The van der Waals surface area contributed by atoms with Gasteiger partial charge in [-0.2, -0.15) is 5.10 Å². The number of carbonyl (C=O) groups excluding carboxylic acids is 1. The van der Waals surface area contributed by atoms with Crippen LogP contribution in [0.4, 0.5) is 17.2 Å². The molecule has 0 radical (unpaired) electrons. The van der Waals surface area contributed by atoms with Crippen molar-refractivity contribution in [2.75, 3.05) is 68.5 Å². The Balaban J connectivity index is 1.37. The second-order valence-electron chi connectivity index (χ2n) is 8.44. The summed E-state index contributed by atoms with van der Waals surface area (Å²) in [5, 5.41) is 7.31. The van der Waals surface area contributed by atoms with Crippen molar-refractivity contribution in [2.24, 2.45) is 0 Å². The van der Waals surface area contributed by atoms with Gasteiger partial charge in [0.05, 0.1) is 18.9 Å². The first-order chi connectivity index (χ1) is 15.6. The molecule has 1 amide bonds. The molecule has 4 heterocycles. The van der Waals surface area contributed by atoms with Crippen LogP contribution in [0.5, 0.6) is 5.75 Å². The number of methoxy groups -OCH3 is 1. The molecule has 2 aliphatic heterocycles. The fraction of sp³-hybridized carbons (Fsp3) is 0.435. The predicted molar refractivity (Wildman–Crippen MR) is 125 cm³/mol. The Labute approximate surface area is 187 Å². The molecule has 1 aromatic carbocycles. The van der Waals surface area contributed by atoms with Crippen molar-refractivity contribution < 1.29 is 9.53 Å². The monoisotopic (exact) mass is 435 g/mol. The summed E-state index contributed by atoms with van der Waals surface area (Å²) in [6.45, 7) is 5.97. The number of benzene rings is 1. The summed E-state index contributed by atoms with van der Waals surface area (Å²) in [6, 6.07) is 7.73. The van der Waals surface area contributed by atoms with Crippen molar-refractivity contribution in [3.05, 3.63) is 42.2 Å². The third-order valence-corrected chi connectivity index (χ3v) is 6.33. The summed E-state index contributed by atoms with van der Waals surface area (Å²) < 4.78 is 7.25. The minimum atomic E-state index is -0.241. The van der Waals surface area contributed by atoms with E-state index in [1.165, 1.54) is 12.8 Å². The van der Waals surface area contributed by atoms with Gasteiger partial charge in [-0.1, -0.05) is 0 Å². The largest absolute Gasteiger partial charge is 0.496 e. The molecule has 5 rings (SSSR count). The summed E-state index contributed by atoms with van der Waals surface area (Å²) in [5.74, 6) is 1.23. The summed E-state index contributed by atoms with van der Waals surface area (Å²) in [5.41, 5.74) is 2.77. The average Bonchev–Trinajstić information content (AvgIpc) is 3.49. The van der Waals surface area contributed by atoms with Crippen LogP contribution < -0.4 is 19.9 Å². The number of piperazine rings is 1. The van der Waals surface area contributed by atoms with Gasteiger partial charge in [-0.3, -0.25) is 4.79 Å². The number of fused-ring (bicyclic) bond motifs is 1. The third-order valence-electron chi connectivity index (χ3n) is 6.33. The number of hydrogen-bond donors (Lipinski definition) is 1. The number of carbonyl (C=O) groups is 1. The van der Waals surface area contributed by atoms with Gasteiger partial charge in [0, 0.05) is 57.2 Å². The lowest BCUT2D eigenvalue weighted by Gasteiger charge is -2.34. The van der Waals surface area contributed by atoms with Crippen molar-refractivity contribution in [3.63, 3.8) is 0 Å². The molecule has 1 N–H and O–H groups in total. The zero-order valence-corrected chi connectivity index (χ0v) is 18.6. The van der Waals surface area contributed by atoms with Crippen LogP contribution in [-0.4, -0.2) is 78.8 Å². The molecule has 2 aliphatic rings. The van der Waals surface area contributed by atoms with E-state index in [1.807, 2.05) is 30.5 Å². The number of likely N-dealkylation sites (N-methyl/N-ethyl adjacent to an activating group) is 1. The lowest BCUT2D eigenvalue weighted by atomic mass is 10.1. The van der Waals surface area contributed by atoms with E-state index in [0.29, 0.717) is 22.6 Å². The maximum absolute atomic E-state index is 13.1. The van der Waals surface area contributed by atoms with Gasteiger partial charge in [-0.15, -0.1) is 0 Å². The van der Waals surface area contributed by atoms with Gasteiger partial charge in [0.15, 0.2) is 5.65 Å². The topological polar surface area (TPSA) is 78.2 Å². The summed E-state index contributed by atoms with van der Waals surface area (Å²) in [4.78, 5) is 24.8. The summed E-state index contributed by atoms with van der Waals surface area (Å²) >= 11 is 0. The van der Waals surface area contributed by atoms with Crippen LogP contribution >= 0.6 is 0 Å². The van der Waals surface area contributed by atoms with Crippen LogP contribution in [-0.2, 0) is 0 Å². The Hall–Kier alpha value is -3.33. The zero-order valence-electron chi connectivity index (χ0n) is 18.6.